The summed E-state index contributed by atoms with van der Waals surface area (Å²) in [6.07, 6.45) is 3.76. The van der Waals surface area contributed by atoms with Crippen LogP contribution in [0.3, 0.4) is 0 Å². The Hall–Kier alpha value is -2.56. The van der Waals surface area contributed by atoms with E-state index in [-0.39, 0.29) is 29.9 Å². The van der Waals surface area contributed by atoms with E-state index in [2.05, 4.69) is 11.9 Å². The molecule has 1 amide bonds. The van der Waals surface area contributed by atoms with Crippen molar-refractivity contribution in [3.63, 3.8) is 0 Å². The number of nitrogens with zero attached hydrogens (tertiary/aromatic N) is 1. The first-order chi connectivity index (χ1) is 12.5. The smallest absolute Gasteiger partial charge is 0.410 e. The van der Waals surface area contributed by atoms with Gasteiger partial charge in [0.05, 0.1) is 19.0 Å². The van der Waals surface area contributed by atoms with Gasteiger partial charge in [0.1, 0.15) is 6.04 Å². The van der Waals surface area contributed by atoms with Crippen molar-refractivity contribution in [3.05, 3.63) is 71.2 Å². The molecule has 5 heteroatoms. The predicted octanol–water partition coefficient (Wildman–Crippen LogP) is 4.41. The maximum Gasteiger partial charge on any atom is 0.410 e. The summed E-state index contributed by atoms with van der Waals surface area (Å²) >= 11 is 0. The molecule has 0 bridgehead atoms. The standard InChI is InChI=1S/C21H25FN2O2/c1-5-18-17(12-14(3)22)16-10-11-24(21(25)26-4)20(19(16)23-18)15-8-6-13(2)7-9-15/h5-9,12,17-18,20,23H,1,10-11H2,2-4H3/b14-12+. The second-order valence-electron chi connectivity index (χ2n) is 6.85. The zero-order chi connectivity index (χ0) is 18.8. The second-order valence-corrected chi connectivity index (χ2v) is 6.85. The van der Waals surface area contributed by atoms with Crippen molar-refractivity contribution in [2.24, 2.45) is 5.92 Å². The van der Waals surface area contributed by atoms with E-state index in [1.807, 2.05) is 31.2 Å². The monoisotopic (exact) mass is 356 g/mol. The van der Waals surface area contributed by atoms with E-state index in [0.29, 0.717) is 13.0 Å². The average molecular weight is 356 g/mol. The van der Waals surface area contributed by atoms with Crippen LogP contribution in [0.5, 0.6) is 0 Å². The SMILES string of the molecule is C=CC1NC2=C(CCN(C(=O)OC)C2c2ccc(C)cc2)C1/C=C(\C)F. The Morgan fingerprint density at radius 1 is 1.38 bits per heavy atom. The summed E-state index contributed by atoms with van der Waals surface area (Å²) in [5.41, 5.74) is 4.25. The molecule has 0 saturated heterocycles. The normalized spacial score (nSPS) is 25.6. The molecule has 3 unspecified atom stereocenters. The highest BCUT2D eigenvalue weighted by Gasteiger charge is 2.42. The maximum absolute atomic E-state index is 13.6. The molecule has 1 aromatic rings. The minimum Gasteiger partial charge on any atom is -0.453 e. The first-order valence-corrected chi connectivity index (χ1v) is 8.83. The largest absolute Gasteiger partial charge is 0.453 e. The number of amides is 1. The molecule has 0 fully saturated rings. The third-order valence-electron chi connectivity index (χ3n) is 5.13. The number of carbonyl (C=O) groups excluding carboxylic acids is 1. The van der Waals surface area contributed by atoms with Gasteiger partial charge in [0.15, 0.2) is 0 Å². The van der Waals surface area contributed by atoms with E-state index in [1.165, 1.54) is 14.0 Å². The predicted molar refractivity (Wildman–Crippen MR) is 100 cm³/mol. The average Bonchev–Trinajstić information content (AvgIpc) is 2.98. The molecule has 0 spiro atoms. The Morgan fingerprint density at radius 3 is 2.65 bits per heavy atom. The molecule has 3 rings (SSSR count). The molecule has 2 heterocycles. The van der Waals surface area contributed by atoms with Crippen LogP contribution in [-0.4, -0.2) is 30.7 Å². The number of hydrogen-bond donors (Lipinski definition) is 1. The molecule has 26 heavy (non-hydrogen) atoms. The molecule has 138 valence electrons. The van der Waals surface area contributed by atoms with E-state index >= 15 is 0 Å². The van der Waals surface area contributed by atoms with Crippen molar-refractivity contribution >= 4 is 6.09 Å². The van der Waals surface area contributed by atoms with Crippen LogP contribution in [0.25, 0.3) is 0 Å². The Morgan fingerprint density at radius 2 is 2.08 bits per heavy atom. The summed E-state index contributed by atoms with van der Waals surface area (Å²) in [7, 11) is 1.39. The third kappa shape index (κ3) is 3.26. The highest BCUT2D eigenvalue weighted by molar-refractivity contribution is 5.69. The number of nitrogens with one attached hydrogen (secondary N) is 1. The molecule has 0 aliphatic carbocycles. The summed E-state index contributed by atoms with van der Waals surface area (Å²) < 4.78 is 18.6. The van der Waals surface area contributed by atoms with Gasteiger partial charge in [-0.15, -0.1) is 6.58 Å². The van der Waals surface area contributed by atoms with Crippen LogP contribution in [0, 0.1) is 12.8 Å². The molecule has 4 nitrogen and oxygen atoms in total. The number of methoxy groups -OCH3 is 1. The van der Waals surface area contributed by atoms with Gasteiger partial charge in [0, 0.05) is 18.2 Å². The molecule has 2 aliphatic rings. The van der Waals surface area contributed by atoms with E-state index in [4.69, 9.17) is 4.74 Å². The lowest BCUT2D eigenvalue weighted by molar-refractivity contribution is 0.107. The lowest BCUT2D eigenvalue weighted by Crippen LogP contribution is -2.41. The minimum atomic E-state index is -0.361. The number of allylic oxidation sites excluding steroid dienone is 1. The van der Waals surface area contributed by atoms with Gasteiger partial charge in [-0.25, -0.2) is 9.18 Å². The van der Waals surface area contributed by atoms with Crippen molar-refractivity contribution in [1.82, 2.24) is 10.2 Å². The van der Waals surface area contributed by atoms with Crippen LogP contribution in [0.1, 0.15) is 30.5 Å². The van der Waals surface area contributed by atoms with Crippen LogP contribution in [-0.2, 0) is 4.74 Å². The number of benzene rings is 1. The Bertz CT molecular complexity index is 763. The van der Waals surface area contributed by atoms with Crippen LogP contribution in [0.2, 0.25) is 0 Å². The van der Waals surface area contributed by atoms with Crippen molar-refractivity contribution in [3.8, 4) is 0 Å². The van der Waals surface area contributed by atoms with Gasteiger partial charge in [-0.1, -0.05) is 35.9 Å². The number of carbonyl (C=O) groups is 1. The first kappa shape index (κ1) is 18.2. The molecule has 0 radical (unpaired) electrons. The molecule has 1 aromatic carbocycles. The fraction of sp³-hybridized carbons (Fsp3) is 0.381. The van der Waals surface area contributed by atoms with Crippen molar-refractivity contribution in [2.75, 3.05) is 13.7 Å². The van der Waals surface area contributed by atoms with Gasteiger partial charge in [-0.3, -0.25) is 4.90 Å². The first-order valence-electron chi connectivity index (χ1n) is 8.83. The van der Waals surface area contributed by atoms with Gasteiger partial charge in [0.2, 0.25) is 0 Å². The van der Waals surface area contributed by atoms with Crippen LogP contribution in [0.15, 0.2) is 60.1 Å². The highest BCUT2D eigenvalue weighted by atomic mass is 19.1. The Labute approximate surface area is 154 Å². The summed E-state index contributed by atoms with van der Waals surface area (Å²) in [6.45, 7) is 7.91. The molecular weight excluding hydrogens is 331 g/mol. The maximum atomic E-state index is 13.6. The van der Waals surface area contributed by atoms with Crippen LogP contribution in [0.4, 0.5) is 9.18 Å². The topological polar surface area (TPSA) is 41.6 Å². The molecule has 3 atom stereocenters. The molecule has 1 N–H and O–H groups in total. The quantitative estimate of drug-likeness (QED) is 0.816. The van der Waals surface area contributed by atoms with Crippen LogP contribution < -0.4 is 5.32 Å². The van der Waals surface area contributed by atoms with E-state index in [0.717, 1.165) is 22.4 Å². The zero-order valence-corrected chi connectivity index (χ0v) is 15.5. The van der Waals surface area contributed by atoms with Gasteiger partial charge in [0.25, 0.3) is 0 Å². The highest BCUT2D eigenvalue weighted by Crippen LogP contribution is 2.43. The van der Waals surface area contributed by atoms with Crippen molar-refractivity contribution < 1.29 is 13.9 Å². The molecular formula is C21H25FN2O2. The number of halogens is 1. The number of hydrogen-bond acceptors (Lipinski definition) is 3. The Kier molecular flexibility index (Phi) is 5.16. The van der Waals surface area contributed by atoms with Crippen molar-refractivity contribution in [2.45, 2.75) is 32.4 Å². The van der Waals surface area contributed by atoms with E-state index < -0.39 is 0 Å². The summed E-state index contributed by atoms with van der Waals surface area (Å²) in [4.78, 5) is 14.1. The Balaban J connectivity index is 2.09. The van der Waals surface area contributed by atoms with Crippen molar-refractivity contribution in [1.29, 1.82) is 0 Å². The number of ether oxygens (including phenoxy) is 1. The molecule has 0 aromatic heterocycles. The summed E-state index contributed by atoms with van der Waals surface area (Å²) in [6, 6.07) is 7.76. The summed E-state index contributed by atoms with van der Waals surface area (Å²) in [5, 5.41) is 3.47. The van der Waals surface area contributed by atoms with Crippen LogP contribution >= 0.6 is 0 Å². The second kappa shape index (κ2) is 7.36. The fourth-order valence-electron chi connectivity index (χ4n) is 3.91. The minimum absolute atomic E-state index is 0.0831. The van der Waals surface area contributed by atoms with Gasteiger partial charge in [-0.05, 0) is 37.5 Å². The molecule has 2 aliphatic heterocycles. The lowest BCUT2D eigenvalue weighted by Gasteiger charge is -2.36. The third-order valence-corrected chi connectivity index (χ3v) is 5.13. The fourth-order valence-corrected chi connectivity index (χ4v) is 3.91. The van der Waals surface area contributed by atoms with Gasteiger partial charge in [-0.2, -0.15) is 0 Å². The lowest BCUT2D eigenvalue weighted by atomic mass is 9.86. The van der Waals surface area contributed by atoms with E-state index in [9.17, 15) is 9.18 Å². The van der Waals surface area contributed by atoms with E-state index in [1.54, 1.807) is 17.1 Å². The number of aryl methyl sites for hydroxylation is 1. The van der Waals surface area contributed by atoms with Gasteiger partial charge >= 0.3 is 6.09 Å². The zero-order valence-electron chi connectivity index (χ0n) is 15.5. The summed E-state index contributed by atoms with van der Waals surface area (Å²) in [5.74, 6) is -0.292. The number of rotatable bonds is 3. The molecule has 0 saturated carbocycles. The van der Waals surface area contributed by atoms with Gasteiger partial charge < -0.3 is 10.1 Å².